The molecule has 1 heterocycles. The summed E-state index contributed by atoms with van der Waals surface area (Å²) in [4.78, 5) is 23.0. The van der Waals surface area contributed by atoms with Crippen LogP contribution >= 0.6 is 0 Å². The number of nitro groups is 1. The Labute approximate surface area is 161 Å². The maximum absolute atomic E-state index is 12.3. The van der Waals surface area contributed by atoms with Crippen LogP contribution in [0.15, 0.2) is 66.2 Å². The van der Waals surface area contributed by atoms with Gasteiger partial charge < -0.3 is 4.74 Å². The van der Waals surface area contributed by atoms with Crippen molar-refractivity contribution < 1.29 is 14.5 Å². The maximum atomic E-state index is 12.3. The van der Waals surface area contributed by atoms with Gasteiger partial charge in [0.2, 0.25) is 0 Å². The Morgan fingerprint density at radius 2 is 1.71 bits per heavy atom. The van der Waals surface area contributed by atoms with Gasteiger partial charge in [0, 0.05) is 17.2 Å². The number of aryl methyl sites for hydroxylation is 2. The molecule has 0 spiro atoms. The third kappa shape index (κ3) is 3.30. The van der Waals surface area contributed by atoms with Crippen molar-refractivity contribution in [3.63, 3.8) is 0 Å². The van der Waals surface area contributed by atoms with Crippen LogP contribution in [0.2, 0.25) is 0 Å². The van der Waals surface area contributed by atoms with E-state index >= 15 is 0 Å². The van der Waals surface area contributed by atoms with Crippen LogP contribution in [0.3, 0.4) is 0 Å². The quantitative estimate of drug-likeness (QED) is 0.269. The van der Waals surface area contributed by atoms with Gasteiger partial charge in [0.25, 0.3) is 5.69 Å². The van der Waals surface area contributed by atoms with Crippen molar-refractivity contribution in [2.75, 3.05) is 0 Å². The molecule has 4 rings (SSSR count). The molecule has 1 aliphatic rings. The number of carbonyl (C=O) groups is 1. The van der Waals surface area contributed by atoms with Gasteiger partial charge in [0.05, 0.1) is 10.5 Å². The Morgan fingerprint density at radius 1 is 0.964 bits per heavy atom. The van der Waals surface area contributed by atoms with Crippen molar-refractivity contribution in [2.45, 2.75) is 13.8 Å². The van der Waals surface area contributed by atoms with Crippen LogP contribution in [0.4, 0.5) is 5.69 Å². The molecule has 0 bridgehead atoms. The van der Waals surface area contributed by atoms with Gasteiger partial charge in [-0.3, -0.25) is 10.1 Å². The summed E-state index contributed by atoms with van der Waals surface area (Å²) in [7, 11) is 0. The molecular weight excluding hydrogens is 354 g/mol. The fraction of sp³-hybridized carbons (Fsp3) is 0.0870. The Morgan fingerprint density at radius 3 is 2.50 bits per heavy atom. The van der Waals surface area contributed by atoms with Crippen molar-refractivity contribution in [3.8, 4) is 0 Å². The summed E-state index contributed by atoms with van der Waals surface area (Å²) in [5.74, 6) is 0.00238. The number of ether oxygens (including phenoxy) is 1. The molecule has 0 aromatic heterocycles. The average Bonchev–Trinajstić information content (AvgIpc) is 3.03. The van der Waals surface area contributed by atoms with Gasteiger partial charge in [0.1, 0.15) is 5.76 Å². The molecule has 5 heteroatoms. The lowest BCUT2D eigenvalue weighted by Gasteiger charge is -2.05. The van der Waals surface area contributed by atoms with Crippen LogP contribution in [0.1, 0.15) is 22.3 Å². The number of nitro benzene ring substituents is 1. The number of hydrogen-bond acceptors (Lipinski definition) is 4. The highest BCUT2D eigenvalue weighted by Crippen LogP contribution is 2.30. The zero-order valence-corrected chi connectivity index (χ0v) is 15.4. The Kier molecular flexibility index (Phi) is 4.28. The molecule has 0 fully saturated rings. The molecule has 28 heavy (non-hydrogen) atoms. The highest BCUT2D eigenvalue weighted by Gasteiger charge is 2.22. The van der Waals surface area contributed by atoms with Crippen LogP contribution in [0.5, 0.6) is 0 Å². The van der Waals surface area contributed by atoms with Crippen molar-refractivity contribution in [1.82, 2.24) is 0 Å². The van der Waals surface area contributed by atoms with Gasteiger partial charge >= 0.3 is 5.97 Å². The van der Waals surface area contributed by atoms with Gasteiger partial charge in [-0.15, -0.1) is 0 Å². The average molecular weight is 371 g/mol. The first-order chi connectivity index (χ1) is 13.4. The zero-order chi connectivity index (χ0) is 19.8. The van der Waals surface area contributed by atoms with E-state index in [9.17, 15) is 14.9 Å². The predicted octanol–water partition coefficient (Wildman–Crippen LogP) is 5.35. The molecule has 0 aliphatic carbocycles. The maximum Gasteiger partial charge on any atom is 0.343 e. The number of nitrogens with zero attached hydrogens (tertiary/aromatic N) is 1. The van der Waals surface area contributed by atoms with Crippen LogP contribution in [-0.4, -0.2) is 10.9 Å². The minimum atomic E-state index is -0.470. The molecular formula is C23H17NO4. The zero-order valence-electron chi connectivity index (χ0n) is 15.4. The minimum absolute atomic E-state index is 0.0229. The summed E-state index contributed by atoms with van der Waals surface area (Å²) >= 11 is 0. The van der Waals surface area contributed by atoms with E-state index in [2.05, 4.69) is 6.07 Å². The summed E-state index contributed by atoms with van der Waals surface area (Å²) in [5, 5.41) is 13.3. The first-order valence-electron chi connectivity index (χ1n) is 8.82. The van der Waals surface area contributed by atoms with Crippen molar-refractivity contribution in [1.29, 1.82) is 0 Å². The first kappa shape index (κ1) is 17.7. The van der Waals surface area contributed by atoms with Crippen LogP contribution in [0.25, 0.3) is 22.6 Å². The number of fused-ring (bicyclic) bond motifs is 1. The number of rotatable bonds is 3. The highest BCUT2D eigenvalue weighted by atomic mass is 16.6. The second-order valence-electron chi connectivity index (χ2n) is 6.87. The largest absolute Gasteiger partial charge is 0.422 e. The Bertz CT molecular complexity index is 1200. The molecule has 138 valence electrons. The van der Waals surface area contributed by atoms with Gasteiger partial charge in [-0.05, 0) is 48.4 Å². The van der Waals surface area contributed by atoms with Gasteiger partial charge in [-0.1, -0.05) is 48.0 Å². The second kappa shape index (κ2) is 6.78. The Hall–Kier alpha value is -3.73. The van der Waals surface area contributed by atoms with Gasteiger partial charge in [-0.2, -0.15) is 0 Å². The van der Waals surface area contributed by atoms with E-state index in [4.69, 9.17) is 4.74 Å². The molecule has 0 saturated carbocycles. The fourth-order valence-electron chi connectivity index (χ4n) is 3.24. The summed E-state index contributed by atoms with van der Waals surface area (Å²) in [6, 6.07) is 16.9. The third-order valence-corrected chi connectivity index (χ3v) is 4.76. The van der Waals surface area contributed by atoms with Crippen molar-refractivity contribution >= 4 is 34.3 Å². The lowest BCUT2D eigenvalue weighted by Crippen LogP contribution is -1.97. The molecule has 0 radical (unpaired) electrons. The van der Waals surface area contributed by atoms with E-state index in [-0.39, 0.29) is 5.69 Å². The molecule has 0 unspecified atom stereocenters. The molecule has 0 atom stereocenters. The van der Waals surface area contributed by atoms with Crippen molar-refractivity contribution in [3.05, 3.63) is 98.6 Å². The van der Waals surface area contributed by atoms with Gasteiger partial charge in [0.15, 0.2) is 0 Å². The molecule has 0 N–H and O–H groups in total. The summed E-state index contributed by atoms with van der Waals surface area (Å²) in [6.07, 6.45) is 3.27. The fourth-order valence-corrected chi connectivity index (χ4v) is 3.24. The van der Waals surface area contributed by atoms with Crippen LogP contribution < -0.4 is 0 Å². The predicted molar refractivity (Wildman–Crippen MR) is 109 cm³/mol. The second-order valence-corrected chi connectivity index (χ2v) is 6.87. The molecule has 0 saturated heterocycles. The standard InChI is InChI=1S/C23H17NO4/c1-14-3-6-18-12-19(8-7-17(18)9-14)22-13-20(23(25)28-22)10-16-5-4-15(2)21(11-16)24(26)27/h3-13H,1-2H3/b20-10+. The summed E-state index contributed by atoms with van der Waals surface area (Å²) < 4.78 is 5.43. The monoisotopic (exact) mass is 371 g/mol. The minimum Gasteiger partial charge on any atom is -0.422 e. The van der Waals surface area contributed by atoms with E-state index in [1.807, 2.05) is 37.3 Å². The first-order valence-corrected chi connectivity index (χ1v) is 8.82. The molecule has 3 aromatic rings. The number of esters is 1. The number of hydrogen-bond donors (Lipinski definition) is 0. The van der Waals surface area contributed by atoms with Crippen LogP contribution in [0, 0.1) is 24.0 Å². The topological polar surface area (TPSA) is 69.4 Å². The molecule has 0 amide bonds. The van der Waals surface area contributed by atoms with Crippen molar-refractivity contribution in [2.24, 2.45) is 0 Å². The normalized spacial score (nSPS) is 15.0. The lowest BCUT2D eigenvalue weighted by atomic mass is 10.0. The molecule has 3 aromatic carbocycles. The van der Waals surface area contributed by atoms with Gasteiger partial charge in [-0.25, -0.2) is 4.79 Å². The van der Waals surface area contributed by atoms with E-state index in [0.717, 1.165) is 16.3 Å². The molecule has 1 aliphatic heterocycles. The van der Waals surface area contributed by atoms with E-state index in [1.165, 1.54) is 11.6 Å². The van der Waals surface area contributed by atoms with E-state index < -0.39 is 10.9 Å². The summed E-state index contributed by atoms with van der Waals surface area (Å²) in [6.45, 7) is 3.72. The smallest absolute Gasteiger partial charge is 0.343 e. The third-order valence-electron chi connectivity index (χ3n) is 4.76. The SMILES string of the molecule is Cc1ccc2cc(C3=C/C(=C\c4ccc(C)c([N+](=O)[O-])c4)C(=O)O3)ccc2c1. The highest BCUT2D eigenvalue weighted by molar-refractivity contribution is 6.05. The van der Waals surface area contributed by atoms with E-state index in [0.29, 0.717) is 22.5 Å². The number of cyclic esters (lactones) is 1. The number of carbonyl (C=O) groups excluding carboxylic acids is 1. The molecule has 5 nitrogen and oxygen atoms in total. The van der Waals surface area contributed by atoms with Crippen LogP contribution in [-0.2, 0) is 9.53 Å². The summed E-state index contributed by atoms with van der Waals surface area (Å²) in [5.41, 5.74) is 3.53. The van der Waals surface area contributed by atoms with E-state index in [1.54, 1.807) is 31.2 Å². The lowest BCUT2D eigenvalue weighted by molar-refractivity contribution is -0.385. The number of benzene rings is 3. The Balaban J connectivity index is 1.70.